The lowest BCUT2D eigenvalue weighted by Gasteiger charge is -2.20. The number of anilines is 1. The second kappa shape index (κ2) is 6.71. The molecule has 0 fully saturated rings. The van der Waals surface area contributed by atoms with Crippen molar-refractivity contribution < 1.29 is 13.2 Å². The topological polar surface area (TPSA) is 92.5 Å². The molecule has 112 valence electrons. The predicted octanol–water partition coefficient (Wildman–Crippen LogP) is 0.724. The quantitative estimate of drug-likeness (QED) is 0.757. The summed E-state index contributed by atoms with van der Waals surface area (Å²) >= 11 is 0. The number of carbonyl (C=O) groups excluding carboxylic acids is 1. The molecule has 0 aliphatic heterocycles. The van der Waals surface area contributed by atoms with Crippen molar-refractivity contribution >= 4 is 21.6 Å². The fourth-order valence-corrected chi connectivity index (χ4v) is 3.40. The van der Waals surface area contributed by atoms with E-state index in [9.17, 15) is 13.2 Å². The van der Waals surface area contributed by atoms with Gasteiger partial charge in [-0.3, -0.25) is 4.79 Å². The highest BCUT2D eigenvalue weighted by Gasteiger charge is 2.25. The fraction of sp³-hybridized carbons (Fsp3) is 0.462. The molecule has 0 atom stereocenters. The number of likely N-dealkylation sites (N-methyl/N-ethyl adjacent to an activating group) is 2. The Morgan fingerprint density at radius 1 is 1.30 bits per heavy atom. The lowest BCUT2D eigenvalue weighted by molar-refractivity contribution is -0.121. The normalized spacial score (nSPS) is 11.6. The van der Waals surface area contributed by atoms with E-state index in [1.54, 1.807) is 32.9 Å². The number of nitrogens with zero attached hydrogens (tertiary/aromatic N) is 1. The number of aryl methyl sites for hydroxylation is 1. The molecule has 0 unspecified atom stereocenters. The Morgan fingerprint density at radius 2 is 1.95 bits per heavy atom. The van der Waals surface area contributed by atoms with Crippen molar-refractivity contribution in [2.75, 3.05) is 25.4 Å². The second-order valence-corrected chi connectivity index (χ2v) is 6.40. The van der Waals surface area contributed by atoms with Crippen molar-refractivity contribution in [3.05, 3.63) is 23.8 Å². The summed E-state index contributed by atoms with van der Waals surface area (Å²) in [6, 6.07) is 4.65. The molecular formula is C13H21N3O3S. The van der Waals surface area contributed by atoms with E-state index < -0.39 is 10.0 Å². The summed E-state index contributed by atoms with van der Waals surface area (Å²) in [6.45, 7) is 5.73. The van der Waals surface area contributed by atoms with Crippen LogP contribution in [0.4, 0.5) is 5.69 Å². The maximum Gasteiger partial charge on any atom is 0.243 e. The summed E-state index contributed by atoms with van der Waals surface area (Å²) in [5.41, 5.74) is 6.83. The number of carbonyl (C=O) groups is 1. The first-order valence-electron chi connectivity index (χ1n) is 6.45. The van der Waals surface area contributed by atoms with Gasteiger partial charge in [-0.05, 0) is 37.6 Å². The molecule has 6 nitrogen and oxygen atoms in total. The van der Waals surface area contributed by atoms with Gasteiger partial charge in [0.1, 0.15) is 0 Å². The summed E-state index contributed by atoms with van der Waals surface area (Å²) < 4.78 is 26.1. The molecule has 0 aliphatic rings. The molecule has 0 spiro atoms. The van der Waals surface area contributed by atoms with Crippen LogP contribution < -0.4 is 11.1 Å². The van der Waals surface area contributed by atoms with E-state index >= 15 is 0 Å². The van der Waals surface area contributed by atoms with Crippen LogP contribution in [0, 0.1) is 6.92 Å². The number of nitrogens with one attached hydrogen (secondary N) is 1. The molecule has 7 heteroatoms. The molecule has 0 aromatic heterocycles. The van der Waals surface area contributed by atoms with Crippen molar-refractivity contribution in [2.45, 2.75) is 25.7 Å². The maximum absolute atomic E-state index is 12.5. The Hall–Kier alpha value is -1.60. The second-order valence-electron chi connectivity index (χ2n) is 4.46. The predicted molar refractivity (Wildman–Crippen MR) is 78.7 cm³/mol. The van der Waals surface area contributed by atoms with Crippen LogP contribution in [0.5, 0.6) is 0 Å². The van der Waals surface area contributed by atoms with Crippen molar-refractivity contribution in [3.63, 3.8) is 0 Å². The summed E-state index contributed by atoms with van der Waals surface area (Å²) in [6.07, 6.45) is 0. The Labute approximate surface area is 120 Å². The van der Waals surface area contributed by atoms with Gasteiger partial charge in [0.05, 0.1) is 11.4 Å². The van der Waals surface area contributed by atoms with Crippen LogP contribution >= 0.6 is 0 Å². The minimum absolute atomic E-state index is 0.112. The summed E-state index contributed by atoms with van der Waals surface area (Å²) in [7, 11) is -3.72. The smallest absolute Gasteiger partial charge is 0.243 e. The molecule has 1 aromatic rings. The van der Waals surface area contributed by atoms with Crippen LogP contribution in [-0.2, 0) is 14.8 Å². The summed E-state index contributed by atoms with van der Waals surface area (Å²) in [5.74, 6) is -0.321. The first kappa shape index (κ1) is 16.5. The fourth-order valence-electron chi connectivity index (χ4n) is 1.85. The number of rotatable bonds is 6. The zero-order valence-electron chi connectivity index (χ0n) is 12.0. The average Bonchev–Trinajstić information content (AvgIpc) is 2.34. The third-order valence-corrected chi connectivity index (χ3v) is 4.66. The van der Waals surface area contributed by atoms with Gasteiger partial charge in [-0.2, -0.15) is 4.31 Å². The largest absolute Gasteiger partial charge is 0.399 e. The van der Waals surface area contributed by atoms with Gasteiger partial charge in [0.15, 0.2) is 0 Å². The highest BCUT2D eigenvalue weighted by atomic mass is 32.2. The van der Waals surface area contributed by atoms with E-state index in [1.165, 1.54) is 6.07 Å². The minimum atomic E-state index is -3.72. The minimum Gasteiger partial charge on any atom is -0.399 e. The van der Waals surface area contributed by atoms with Crippen molar-refractivity contribution in [1.29, 1.82) is 0 Å². The molecule has 20 heavy (non-hydrogen) atoms. The third-order valence-electron chi connectivity index (χ3n) is 2.76. The number of nitrogen functional groups attached to an aromatic ring is 1. The Morgan fingerprint density at radius 3 is 2.45 bits per heavy atom. The van der Waals surface area contributed by atoms with Crippen LogP contribution in [0.1, 0.15) is 19.4 Å². The van der Waals surface area contributed by atoms with Crippen LogP contribution in [0.3, 0.4) is 0 Å². The molecule has 1 amide bonds. The van der Waals surface area contributed by atoms with Crippen molar-refractivity contribution in [1.82, 2.24) is 9.62 Å². The summed E-state index contributed by atoms with van der Waals surface area (Å²) in [4.78, 5) is 11.7. The lowest BCUT2D eigenvalue weighted by atomic mass is 10.2. The first-order chi connectivity index (χ1) is 9.31. The standard InChI is InChI=1S/C13H21N3O3S/c1-4-15-13(17)9-16(5-2)20(18,19)12-7-10(3)6-11(14)8-12/h6-8H,4-5,9,14H2,1-3H3,(H,15,17). The van der Waals surface area contributed by atoms with Crippen LogP contribution in [0.2, 0.25) is 0 Å². The monoisotopic (exact) mass is 299 g/mol. The third kappa shape index (κ3) is 3.94. The number of amides is 1. The van der Waals surface area contributed by atoms with Gasteiger partial charge in [0.2, 0.25) is 15.9 Å². The van der Waals surface area contributed by atoms with Gasteiger partial charge in [-0.15, -0.1) is 0 Å². The van der Waals surface area contributed by atoms with E-state index in [1.807, 2.05) is 0 Å². The van der Waals surface area contributed by atoms with Crippen LogP contribution in [0.25, 0.3) is 0 Å². The number of hydrogen-bond acceptors (Lipinski definition) is 4. The van der Waals surface area contributed by atoms with Gasteiger partial charge in [-0.25, -0.2) is 8.42 Å². The first-order valence-corrected chi connectivity index (χ1v) is 7.89. The molecule has 1 rings (SSSR count). The van der Waals surface area contributed by atoms with Gasteiger partial charge >= 0.3 is 0 Å². The molecular weight excluding hydrogens is 278 g/mol. The molecule has 1 aromatic carbocycles. The molecule has 0 heterocycles. The van der Waals surface area contributed by atoms with Crippen molar-refractivity contribution in [2.24, 2.45) is 0 Å². The SMILES string of the molecule is CCNC(=O)CN(CC)S(=O)(=O)c1cc(C)cc(N)c1. The molecule has 3 N–H and O–H groups in total. The van der Waals surface area contributed by atoms with E-state index in [-0.39, 0.29) is 23.9 Å². The highest BCUT2D eigenvalue weighted by Crippen LogP contribution is 2.20. The van der Waals surface area contributed by atoms with E-state index in [0.29, 0.717) is 12.2 Å². The summed E-state index contributed by atoms with van der Waals surface area (Å²) in [5, 5.41) is 2.59. The van der Waals surface area contributed by atoms with Gasteiger partial charge < -0.3 is 11.1 Å². The number of hydrogen-bond donors (Lipinski definition) is 2. The average molecular weight is 299 g/mol. The lowest BCUT2D eigenvalue weighted by Crippen LogP contribution is -2.40. The number of benzene rings is 1. The zero-order valence-corrected chi connectivity index (χ0v) is 12.8. The van der Waals surface area contributed by atoms with E-state index in [4.69, 9.17) is 5.73 Å². The molecule has 0 saturated carbocycles. The highest BCUT2D eigenvalue weighted by molar-refractivity contribution is 7.89. The number of sulfonamides is 1. The Balaban J connectivity index is 3.08. The van der Waals surface area contributed by atoms with Gasteiger partial charge in [0.25, 0.3) is 0 Å². The van der Waals surface area contributed by atoms with Gasteiger partial charge in [-0.1, -0.05) is 6.92 Å². The Bertz CT molecular complexity index is 564. The van der Waals surface area contributed by atoms with Crippen molar-refractivity contribution in [3.8, 4) is 0 Å². The Kier molecular flexibility index (Phi) is 5.52. The number of nitrogens with two attached hydrogens (primary N) is 1. The molecule has 0 saturated heterocycles. The maximum atomic E-state index is 12.5. The van der Waals surface area contributed by atoms with Crippen LogP contribution in [-0.4, -0.2) is 38.3 Å². The van der Waals surface area contributed by atoms with E-state index in [2.05, 4.69) is 5.32 Å². The molecule has 0 bridgehead atoms. The zero-order chi connectivity index (χ0) is 15.3. The molecule has 0 aliphatic carbocycles. The van der Waals surface area contributed by atoms with Crippen LogP contribution in [0.15, 0.2) is 23.1 Å². The van der Waals surface area contributed by atoms with Gasteiger partial charge in [0, 0.05) is 18.8 Å². The van der Waals surface area contributed by atoms with E-state index in [0.717, 1.165) is 9.87 Å². The molecule has 0 radical (unpaired) electrons.